The van der Waals surface area contributed by atoms with Crippen molar-refractivity contribution in [2.75, 3.05) is 30.8 Å². The summed E-state index contributed by atoms with van der Waals surface area (Å²) in [7, 11) is 2.13. The number of rotatable bonds is 8. The number of ether oxygens (including phenoxy) is 1. The standard InChI is InChI=1S/C24H29N7O2S/c1-15(32)25-17-5-7-19(8-6-17)34-23-14-22(33-18-9-11-31(2)12-10-18)27-24(28-23)26-21-13-20(29-30-21)16-3-4-16/h5-8,13-14,16,18H,3-4,9-12H2,1-2H3,(H,25,32)(H2,26,27,28,29,30). The molecule has 0 unspecified atom stereocenters. The molecule has 1 aliphatic heterocycles. The third kappa shape index (κ3) is 6.06. The van der Waals surface area contributed by atoms with Crippen LogP contribution in [0.15, 0.2) is 46.3 Å². The molecule has 0 spiro atoms. The van der Waals surface area contributed by atoms with Gasteiger partial charge in [-0.2, -0.15) is 10.1 Å². The van der Waals surface area contributed by atoms with E-state index in [-0.39, 0.29) is 12.0 Å². The van der Waals surface area contributed by atoms with Crippen LogP contribution in [-0.2, 0) is 4.79 Å². The maximum atomic E-state index is 11.3. The van der Waals surface area contributed by atoms with Crippen LogP contribution in [0.5, 0.6) is 5.88 Å². The van der Waals surface area contributed by atoms with Crippen LogP contribution in [-0.4, -0.2) is 57.2 Å². The number of H-pyrrole nitrogens is 1. The number of nitrogens with one attached hydrogen (secondary N) is 3. The number of benzene rings is 1. The van der Waals surface area contributed by atoms with Gasteiger partial charge < -0.3 is 20.3 Å². The quantitative estimate of drug-likeness (QED) is 0.408. The van der Waals surface area contributed by atoms with Gasteiger partial charge in [-0.15, -0.1) is 0 Å². The molecule has 1 saturated carbocycles. The molecule has 1 aromatic carbocycles. The fraction of sp³-hybridized carbons (Fsp3) is 0.417. The topological polar surface area (TPSA) is 108 Å². The smallest absolute Gasteiger partial charge is 0.232 e. The number of hydrogen-bond acceptors (Lipinski definition) is 8. The molecule has 2 fully saturated rings. The Kier molecular flexibility index (Phi) is 6.68. The number of piperidine rings is 1. The van der Waals surface area contributed by atoms with Crippen LogP contribution in [0, 0.1) is 0 Å². The van der Waals surface area contributed by atoms with Crippen molar-refractivity contribution in [2.24, 2.45) is 0 Å². The number of aromatic nitrogens is 4. The van der Waals surface area contributed by atoms with E-state index >= 15 is 0 Å². The number of nitrogens with zero attached hydrogens (tertiary/aromatic N) is 4. The first kappa shape index (κ1) is 22.7. The van der Waals surface area contributed by atoms with Gasteiger partial charge in [0.05, 0.1) is 0 Å². The predicted octanol–water partition coefficient (Wildman–Crippen LogP) is 4.40. The average molecular weight is 480 g/mol. The lowest BCUT2D eigenvalue weighted by molar-refractivity contribution is -0.114. The summed E-state index contributed by atoms with van der Waals surface area (Å²) < 4.78 is 6.27. The van der Waals surface area contributed by atoms with Crippen molar-refractivity contribution in [3.8, 4) is 5.88 Å². The van der Waals surface area contributed by atoms with Gasteiger partial charge in [0.15, 0.2) is 5.82 Å². The van der Waals surface area contributed by atoms with Crippen LogP contribution in [0.3, 0.4) is 0 Å². The molecule has 1 aliphatic carbocycles. The van der Waals surface area contributed by atoms with E-state index in [0.717, 1.165) is 47.2 Å². The second kappa shape index (κ2) is 10.0. The number of hydrogen-bond donors (Lipinski definition) is 3. The molecule has 10 heteroatoms. The molecule has 178 valence electrons. The van der Waals surface area contributed by atoms with E-state index in [9.17, 15) is 4.79 Å². The summed E-state index contributed by atoms with van der Waals surface area (Å²) >= 11 is 1.52. The van der Waals surface area contributed by atoms with Gasteiger partial charge in [-0.3, -0.25) is 9.89 Å². The Morgan fingerprint density at radius 2 is 1.88 bits per heavy atom. The van der Waals surface area contributed by atoms with E-state index in [1.54, 1.807) is 0 Å². The van der Waals surface area contributed by atoms with Gasteiger partial charge in [-0.05, 0) is 57.0 Å². The minimum atomic E-state index is -0.0918. The first-order valence-electron chi connectivity index (χ1n) is 11.6. The van der Waals surface area contributed by atoms with E-state index in [4.69, 9.17) is 9.72 Å². The van der Waals surface area contributed by atoms with Gasteiger partial charge in [0.1, 0.15) is 11.1 Å². The van der Waals surface area contributed by atoms with Gasteiger partial charge in [-0.25, -0.2) is 4.98 Å². The highest BCUT2D eigenvalue weighted by molar-refractivity contribution is 7.99. The zero-order chi connectivity index (χ0) is 23.5. The summed E-state index contributed by atoms with van der Waals surface area (Å²) in [6.07, 6.45) is 4.50. The van der Waals surface area contributed by atoms with Crippen molar-refractivity contribution in [3.63, 3.8) is 0 Å². The number of carbonyl (C=O) groups is 1. The second-order valence-electron chi connectivity index (χ2n) is 8.90. The van der Waals surface area contributed by atoms with Gasteiger partial charge in [0.2, 0.25) is 17.7 Å². The maximum Gasteiger partial charge on any atom is 0.232 e. The second-order valence-corrected chi connectivity index (χ2v) is 10.00. The predicted molar refractivity (Wildman–Crippen MR) is 132 cm³/mol. The van der Waals surface area contributed by atoms with Crippen molar-refractivity contribution in [1.29, 1.82) is 0 Å². The number of amides is 1. The third-order valence-corrected chi connectivity index (χ3v) is 6.81. The average Bonchev–Trinajstić information content (AvgIpc) is 3.55. The summed E-state index contributed by atoms with van der Waals surface area (Å²) in [6.45, 7) is 3.53. The molecule has 34 heavy (non-hydrogen) atoms. The van der Waals surface area contributed by atoms with Crippen molar-refractivity contribution in [3.05, 3.63) is 42.1 Å². The first-order valence-corrected chi connectivity index (χ1v) is 12.4. The lowest BCUT2D eigenvalue weighted by Crippen LogP contribution is -2.35. The van der Waals surface area contributed by atoms with Crippen molar-refractivity contribution < 1.29 is 9.53 Å². The van der Waals surface area contributed by atoms with E-state index in [1.807, 2.05) is 36.4 Å². The van der Waals surface area contributed by atoms with Crippen molar-refractivity contribution in [2.45, 2.75) is 54.6 Å². The number of likely N-dealkylation sites (tertiary alicyclic amines) is 1. The molecular formula is C24H29N7O2S. The summed E-state index contributed by atoms with van der Waals surface area (Å²) in [5.41, 5.74) is 1.91. The molecule has 3 heterocycles. The Hall–Kier alpha value is -3.11. The van der Waals surface area contributed by atoms with E-state index < -0.39 is 0 Å². The molecular weight excluding hydrogens is 450 g/mol. The molecule has 3 N–H and O–H groups in total. The lowest BCUT2D eigenvalue weighted by Gasteiger charge is -2.29. The van der Waals surface area contributed by atoms with Crippen molar-refractivity contribution >= 4 is 35.1 Å². The molecule has 9 nitrogen and oxygen atoms in total. The molecule has 3 aromatic rings. The molecule has 1 saturated heterocycles. The van der Waals surface area contributed by atoms with Gasteiger partial charge in [-0.1, -0.05) is 11.8 Å². The van der Waals surface area contributed by atoms with Crippen LogP contribution in [0.25, 0.3) is 0 Å². The van der Waals surface area contributed by atoms with Gasteiger partial charge in [0, 0.05) is 54.3 Å². The minimum Gasteiger partial charge on any atom is -0.474 e. The SMILES string of the molecule is CC(=O)Nc1ccc(Sc2cc(OC3CCN(C)CC3)nc(Nc3cc(C4CC4)[nH]n3)n2)cc1. The Morgan fingerprint density at radius 3 is 2.59 bits per heavy atom. The molecule has 0 bridgehead atoms. The molecule has 5 rings (SSSR count). The largest absolute Gasteiger partial charge is 0.474 e. The Balaban J connectivity index is 1.34. The minimum absolute atomic E-state index is 0.0918. The molecule has 1 amide bonds. The lowest BCUT2D eigenvalue weighted by atomic mass is 10.1. The summed E-state index contributed by atoms with van der Waals surface area (Å²) in [5, 5.41) is 14.3. The number of aromatic amines is 1. The van der Waals surface area contributed by atoms with E-state index in [1.165, 1.54) is 31.5 Å². The van der Waals surface area contributed by atoms with E-state index in [0.29, 0.717) is 23.6 Å². The Morgan fingerprint density at radius 1 is 1.12 bits per heavy atom. The van der Waals surface area contributed by atoms with Crippen LogP contribution in [0.2, 0.25) is 0 Å². The van der Waals surface area contributed by atoms with Crippen LogP contribution in [0.1, 0.15) is 44.2 Å². The highest BCUT2D eigenvalue weighted by Gasteiger charge is 2.26. The summed E-state index contributed by atoms with van der Waals surface area (Å²) in [5.74, 6) is 2.22. The Bertz CT molecular complexity index is 1140. The number of carbonyl (C=O) groups excluding carboxylic acids is 1. The first-order chi connectivity index (χ1) is 16.5. The normalized spacial score (nSPS) is 16.9. The highest BCUT2D eigenvalue weighted by Crippen LogP contribution is 2.39. The van der Waals surface area contributed by atoms with Gasteiger partial charge >= 0.3 is 0 Å². The molecule has 2 aromatic heterocycles. The maximum absolute atomic E-state index is 11.3. The monoisotopic (exact) mass is 479 g/mol. The number of anilines is 3. The zero-order valence-electron chi connectivity index (χ0n) is 19.4. The summed E-state index contributed by atoms with van der Waals surface area (Å²) in [4.78, 5) is 23.9. The molecule has 0 radical (unpaired) electrons. The fourth-order valence-electron chi connectivity index (χ4n) is 3.89. The summed E-state index contributed by atoms with van der Waals surface area (Å²) in [6, 6.07) is 11.6. The Labute approximate surface area is 203 Å². The fourth-order valence-corrected chi connectivity index (χ4v) is 4.70. The van der Waals surface area contributed by atoms with Crippen LogP contribution >= 0.6 is 11.8 Å². The zero-order valence-corrected chi connectivity index (χ0v) is 20.2. The molecule has 0 atom stereocenters. The van der Waals surface area contributed by atoms with Crippen LogP contribution in [0.4, 0.5) is 17.5 Å². The third-order valence-electron chi connectivity index (χ3n) is 5.88. The van der Waals surface area contributed by atoms with Crippen molar-refractivity contribution in [1.82, 2.24) is 25.1 Å². The van der Waals surface area contributed by atoms with Gasteiger partial charge in [0.25, 0.3) is 0 Å². The van der Waals surface area contributed by atoms with Crippen LogP contribution < -0.4 is 15.4 Å². The molecule has 2 aliphatic rings. The highest BCUT2D eigenvalue weighted by atomic mass is 32.2. The van der Waals surface area contributed by atoms with E-state index in [2.05, 4.69) is 37.8 Å².